The van der Waals surface area contributed by atoms with Crippen LogP contribution in [-0.4, -0.2) is 33.8 Å². The maximum absolute atomic E-state index is 12.4. The van der Waals surface area contributed by atoms with E-state index in [0.717, 1.165) is 17.4 Å². The van der Waals surface area contributed by atoms with E-state index in [1.807, 2.05) is 0 Å². The van der Waals surface area contributed by atoms with Gasteiger partial charge in [0.25, 0.3) is 5.91 Å². The second kappa shape index (κ2) is 5.79. The Morgan fingerprint density at radius 3 is 2.62 bits per heavy atom. The van der Waals surface area contributed by atoms with Crippen molar-refractivity contribution in [2.75, 3.05) is 0 Å². The van der Waals surface area contributed by atoms with Gasteiger partial charge in [-0.1, -0.05) is 0 Å². The van der Waals surface area contributed by atoms with Crippen LogP contribution in [0.3, 0.4) is 0 Å². The minimum Gasteiger partial charge on any atom is -0.481 e. The zero-order valence-corrected chi connectivity index (χ0v) is 11.1. The van der Waals surface area contributed by atoms with Gasteiger partial charge in [0.05, 0.1) is 6.42 Å². The predicted molar refractivity (Wildman–Crippen MR) is 66.7 cm³/mol. The summed E-state index contributed by atoms with van der Waals surface area (Å²) in [6, 6.07) is 2.10. The van der Waals surface area contributed by atoms with Crippen molar-refractivity contribution in [2.45, 2.75) is 38.0 Å². The highest BCUT2D eigenvalue weighted by molar-refractivity contribution is 5.93. The summed E-state index contributed by atoms with van der Waals surface area (Å²) in [7, 11) is 0. The van der Waals surface area contributed by atoms with Crippen LogP contribution >= 0.6 is 0 Å². The molecule has 116 valence electrons. The van der Waals surface area contributed by atoms with Crippen molar-refractivity contribution >= 4 is 11.9 Å². The molecule has 8 heteroatoms. The van der Waals surface area contributed by atoms with Gasteiger partial charge >= 0.3 is 12.1 Å². The molecule has 0 saturated heterocycles. The fraction of sp³-hybridized carbons (Fsp3) is 0.538. The highest BCUT2D eigenvalue weighted by Gasteiger charge is 2.35. The Morgan fingerprint density at radius 1 is 1.43 bits per heavy atom. The monoisotopic (exact) mass is 304 g/mol. The number of hydrogen-bond acceptors (Lipinski definition) is 2. The number of aromatic nitrogens is 1. The predicted octanol–water partition coefficient (Wildman–Crippen LogP) is 2.03. The van der Waals surface area contributed by atoms with Crippen molar-refractivity contribution in [3.8, 4) is 0 Å². The summed E-state index contributed by atoms with van der Waals surface area (Å²) in [5.41, 5.74) is -0.122. The normalized spacial score (nSPS) is 16.5. The van der Waals surface area contributed by atoms with Crippen LogP contribution < -0.4 is 5.32 Å². The topological polar surface area (TPSA) is 71.3 Å². The lowest BCUT2D eigenvalue weighted by molar-refractivity contribution is -0.140. The number of nitrogens with zero attached hydrogens (tertiary/aromatic N) is 1. The number of carboxylic acid groups (broad SMARTS) is 1. The Balaban J connectivity index is 2.05. The Hall–Kier alpha value is -1.99. The largest absolute Gasteiger partial charge is 0.481 e. The molecule has 1 heterocycles. The molecule has 1 aromatic heterocycles. The number of carboxylic acids is 1. The summed E-state index contributed by atoms with van der Waals surface area (Å²) in [4.78, 5) is 22.8. The second-order valence-corrected chi connectivity index (χ2v) is 5.15. The number of aliphatic carboxylic acids is 1. The fourth-order valence-electron chi connectivity index (χ4n) is 2.22. The number of hydrogen-bond donors (Lipinski definition) is 2. The zero-order chi connectivity index (χ0) is 15.6. The number of carbonyl (C=O) groups excluding carboxylic acids is 1. The molecule has 2 rings (SSSR count). The molecule has 21 heavy (non-hydrogen) atoms. The summed E-state index contributed by atoms with van der Waals surface area (Å²) in [6.45, 7) is -1.25. The summed E-state index contributed by atoms with van der Waals surface area (Å²) < 4.78 is 38.0. The lowest BCUT2D eigenvalue weighted by atomic mass is 10.1. The van der Waals surface area contributed by atoms with Crippen LogP contribution in [0.5, 0.6) is 0 Å². The van der Waals surface area contributed by atoms with Crippen LogP contribution in [0.25, 0.3) is 0 Å². The van der Waals surface area contributed by atoms with E-state index in [-0.39, 0.29) is 18.0 Å². The van der Waals surface area contributed by atoms with Crippen molar-refractivity contribution in [3.63, 3.8) is 0 Å². The van der Waals surface area contributed by atoms with Gasteiger partial charge in [0.1, 0.15) is 12.2 Å². The SMILES string of the molecule is O=C(O)CC(NC(=O)c1cccn1CC(F)(F)F)C1CC1. The quantitative estimate of drug-likeness (QED) is 0.845. The number of nitrogens with one attached hydrogen (secondary N) is 1. The van der Waals surface area contributed by atoms with Gasteiger partial charge in [-0.05, 0) is 30.9 Å². The minimum atomic E-state index is -4.43. The molecule has 0 spiro atoms. The van der Waals surface area contributed by atoms with E-state index in [2.05, 4.69) is 5.32 Å². The summed E-state index contributed by atoms with van der Waals surface area (Å²) in [6.07, 6.45) is -1.84. The molecule has 1 aliphatic carbocycles. The van der Waals surface area contributed by atoms with E-state index in [1.54, 1.807) is 0 Å². The number of carbonyl (C=O) groups is 2. The number of halogens is 3. The van der Waals surface area contributed by atoms with Crippen LogP contribution in [0.4, 0.5) is 13.2 Å². The molecular formula is C13H15F3N2O3. The molecule has 0 aliphatic heterocycles. The van der Waals surface area contributed by atoms with E-state index in [0.29, 0.717) is 0 Å². The molecule has 2 N–H and O–H groups in total. The Kier molecular flexibility index (Phi) is 4.24. The van der Waals surface area contributed by atoms with Crippen molar-refractivity contribution in [1.29, 1.82) is 0 Å². The van der Waals surface area contributed by atoms with E-state index >= 15 is 0 Å². The molecule has 1 saturated carbocycles. The van der Waals surface area contributed by atoms with Crippen molar-refractivity contribution in [3.05, 3.63) is 24.0 Å². The third kappa shape index (κ3) is 4.51. The third-order valence-corrected chi connectivity index (χ3v) is 3.31. The zero-order valence-electron chi connectivity index (χ0n) is 11.1. The molecule has 5 nitrogen and oxygen atoms in total. The molecule has 1 atom stereocenters. The van der Waals surface area contributed by atoms with E-state index < -0.39 is 30.6 Å². The van der Waals surface area contributed by atoms with E-state index in [1.165, 1.54) is 18.3 Å². The summed E-state index contributed by atoms with van der Waals surface area (Å²) >= 11 is 0. The Labute approximate surface area is 118 Å². The van der Waals surface area contributed by atoms with E-state index in [9.17, 15) is 22.8 Å². The first-order valence-corrected chi connectivity index (χ1v) is 6.51. The lowest BCUT2D eigenvalue weighted by Gasteiger charge is -2.17. The fourth-order valence-corrected chi connectivity index (χ4v) is 2.22. The van der Waals surface area contributed by atoms with Crippen molar-refractivity contribution in [2.24, 2.45) is 5.92 Å². The average Bonchev–Trinajstić information content (AvgIpc) is 3.07. The maximum atomic E-state index is 12.4. The molecule has 1 aliphatic rings. The smallest absolute Gasteiger partial charge is 0.406 e. The second-order valence-electron chi connectivity index (χ2n) is 5.15. The van der Waals surface area contributed by atoms with Crippen LogP contribution in [0, 0.1) is 5.92 Å². The minimum absolute atomic E-state index is 0.0936. The first-order chi connectivity index (χ1) is 9.76. The number of amides is 1. The van der Waals surface area contributed by atoms with Crippen LogP contribution in [0.15, 0.2) is 18.3 Å². The van der Waals surface area contributed by atoms with Gasteiger partial charge < -0.3 is 15.0 Å². The van der Waals surface area contributed by atoms with Gasteiger partial charge in [0.15, 0.2) is 0 Å². The number of rotatable bonds is 6. The first kappa shape index (κ1) is 15.4. The molecule has 0 radical (unpaired) electrons. The standard InChI is InChI=1S/C13H15F3N2O3/c14-13(15,16)7-18-5-1-2-10(18)12(21)17-9(6-11(19)20)8-3-4-8/h1-2,5,8-9H,3-4,6-7H2,(H,17,21)(H,19,20). The summed E-state index contributed by atoms with van der Waals surface area (Å²) in [5, 5.41) is 11.3. The molecule has 1 fully saturated rings. The molecular weight excluding hydrogens is 289 g/mol. The lowest BCUT2D eigenvalue weighted by Crippen LogP contribution is -2.39. The average molecular weight is 304 g/mol. The molecule has 0 bridgehead atoms. The van der Waals surface area contributed by atoms with E-state index in [4.69, 9.17) is 5.11 Å². The van der Waals surface area contributed by atoms with Gasteiger partial charge in [-0.15, -0.1) is 0 Å². The van der Waals surface area contributed by atoms with Crippen molar-refractivity contribution < 1.29 is 27.9 Å². The summed E-state index contributed by atoms with van der Waals surface area (Å²) in [5.74, 6) is -1.63. The van der Waals surface area contributed by atoms with Gasteiger partial charge in [-0.3, -0.25) is 9.59 Å². The highest BCUT2D eigenvalue weighted by atomic mass is 19.4. The van der Waals surface area contributed by atoms with Crippen molar-refractivity contribution in [1.82, 2.24) is 9.88 Å². The molecule has 1 unspecified atom stereocenters. The van der Waals surface area contributed by atoms with Crippen LogP contribution in [0.2, 0.25) is 0 Å². The molecule has 1 amide bonds. The van der Waals surface area contributed by atoms with Gasteiger partial charge in [-0.25, -0.2) is 0 Å². The highest BCUT2D eigenvalue weighted by Crippen LogP contribution is 2.34. The van der Waals surface area contributed by atoms with Crippen LogP contribution in [0.1, 0.15) is 29.8 Å². The Bertz CT molecular complexity index is 535. The third-order valence-electron chi connectivity index (χ3n) is 3.31. The molecule has 0 aromatic carbocycles. The number of alkyl halides is 3. The van der Waals surface area contributed by atoms with Gasteiger partial charge in [0.2, 0.25) is 0 Å². The maximum Gasteiger partial charge on any atom is 0.406 e. The first-order valence-electron chi connectivity index (χ1n) is 6.51. The van der Waals surface area contributed by atoms with Gasteiger partial charge in [0, 0.05) is 12.2 Å². The molecule has 1 aromatic rings. The van der Waals surface area contributed by atoms with Crippen LogP contribution in [-0.2, 0) is 11.3 Å². The Morgan fingerprint density at radius 2 is 2.10 bits per heavy atom. The van der Waals surface area contributed by atoms with Gasteiger partial charge in [-0.2, -0.15) is 13.2 Å².